The first-order valence-electron chi connectivity index (χ1n) is 17.6. The molecule has 0 radical (unpaired) electrons. The van der Waals surface area contributed by atoms with Crippen molar-refractivity contribution in [3.05, 3.63) is 130 Å². The monoisotopic (exact) mass is 820 g/mol. The predicted octanol–water partition coefficient (Wildman–Crippen LogP) is 8.82. The van der Waals surface area contributed by atoms with E-state index >= 15 is 8.78 Å². The van der Waals surface area contributed by atoms with Crippen molar-refractivity contribution in [1.29, 1.82) is 0 Å². The lowest BCUT2D eigenvalue weighted by molar-refractivity contribution is 0.483. The number of hydrogen-bond donors (Lipinski definition) is 2. The quantitative estimate of drug-likeness (QED) is 0.0921. The molecule has 6 aromatic rings. The molecule has 4 heterocycles. The molecule has 16 heteroatoms. The zero-order valence-corrected chi connectivity index (χ0v) is 32.4. The molecule has 2 aliphatic carbocycles. The van der Waals surface area contributed by atoms with Crippen LogP contribution in [-0.4, -0.2) is 45.5 Å². The fourth-order valence-electron chi connectivity index (χ4n) is 7.23. The van der Waals surface area contributed by atoms with Crippen LogP contribution in [0.3, 0.4) is 0 Å². The molecule has 0 fully saturated rings. The number of fused-ring (bicyclic) bond motifs is 6. The fourth-order valence-corrected chi connectivity index (χ4v) is 11.2. The number of aryl methyl sites for hydroxylation is 2. The van der Waals surface area contributed by atoms with Crippen LogP contribution in [0.4, 0.5) is 8.78 Å². The number of allylic oxidation sites excluding steroid dienone is 2. The summed E-state index contributed by atoms with van der Waals surface area (Å²) in [6.07, 6.45) is 5.72. The first-order chi connectivity index (χ1) is 26.3. The number of thiophene rings is 2. The number of unbranched alkanes of at least 4 members (excludes halogenated alkanes) is 2. The second-order valence-electron chi connectivity index (χ2n) is 13.5. The molecule has 0 spiro atoms. The van der Waals surface area contributed by atoms with Gasteiger partial charge in [-0.3, -0.25) is 18.5 Å². The van der Waals surface area contributed by atoms with E-state index in [2.05, 4.69) is 10.2 Å². The Labute approximate surface area is 324 Å². The highest BCUT2D eigenvalue weighted by atomic mass is 32.3. The van der Waals surface area contributed by atoms with E-state index in [0.717, 1.165) is 44.9 Å². The molecule has 0 saturated carbocycles. The van der Waals surface area contributed by atoms with Crippen molar-refractivity contribution < 1.29 is 34.7 Å². The standard InChI is InChI=1S/C39H34F2N4O6S4/c40-30(34-28-18-16-26-20-32(54(46,47)48)52-38(26)36(28)44(42-34)22-24-10-4-1-5-11-24)14-8-3-9-15-31(41)35-29-19-17-27-21-33(55(49,50)51)53-39(27)37(29)45(43-35)23-25-12-6-2-7-13-25/h1-2,4-7,10-15,20-21H,3,8-9,16-19,22-23H2,(H,46,47,48)(H,49,50,51)/b30-14-,31-15-. The average Bonchev–Trinajstić information content (AvgIpc) is 3.94. The summed E-state index contributed by atoms with van der Waals surface area (Å²) in [7, 11) is -8.83. The van der Waals surface area contributed by atoms with Gasteiger partial charge in [-0.15, -0.1) is 22.7 Å². The molecule has 0 unspecified atom stereocenters. The fraction of sp³-hybridized carbons (Fsp3) is 0.231. The minimum atomic E-state index is -4.42. The molecule has 2 aromatic carbocycles. The van der Waals surface area contributed by atoms with Crippen molar-refractivity contribution in [3.8, 4) is 21.1 Å². The van der Waals surface area contributed by atoms with Crippen molar-refractivity contribution >= 4 is 54.6 Å². The van der Waals surface area contributed by atoms with Crippen LogP contribution in [0.2, 0.25) is 0 Å². The maximum absolute atomic E-state index is 16.0. The van der Waals surface area contributed by atoms with E-state index in [0.29, 0.717) is 90.3 Å². The normalized spacial score (nSPS) is 14.4. The van der Waals surface area contributed by atoms with Gasteiger partial charge in [-0.1, -0.05) is 60.7 Å². The molecule has 0 bridgehead atoms. The van der Waals surface area contributed by atoms with Gasteiger partial charge >= 0.3 is 20.2 Å². The Balaban J connectivity index is 1.04. The molecule has 10 nitrogen and oxygen atoms in total. The van der Waals surface area contributed by atoms with Crippen molar-refractivity contribution in [1.82, 2.24) is 19.6 Å². The first-order valence-corrected chi connectivity index (χ1v) is 22.1. The number of aromatic nitrogens is 4. The average molecular weight is 821 g/mol. The number of halogens is 2. The summed E-state index contributed by atoms with van der Waals surface area (Å²) in [5.74, 6) is -1.04. The highest BCUT2D eigenvalue weighted by Crippen LogP contribution is 2.45. The lowest BCUT2D eigenvalue weighted by Gasteiger charge is -2.15. The van der Waals surface area contributed by atoms with Gasteiger partial charge in [0.25, 0.3) is 0 Å². The summed E-state index contributed by atoms with van der Waals surface area (Å²) in [6.45, 7) is 0.665. The Morgan fingerprint density at radius 2 is 1.05 bits per heavy atom. The van der Waals surface area contributed by atoms with Crippen molar-refractivity contribution in [2.45, 2.75) is 66.5 Å². The Kier molecular flexibility index (Phi) is 10.1. The molecule has 55 heavy (non-hydrogen) atoms. The van der Waals surface area contributed by atoms with Gasteiger partial charge in [0.15, 0.2) is 0 Å². The maximum atomic E-state index is 16.0. The third-order valence-corrected chi connectivity index (χ3v) is 14.7. The highest BCUT2D eigenvalue weighted by Gasteiger charge is 2.32. The molecule has 0 amide bonds. The molecular weight excluding hydrogens is 787 g/mol. The molecule has 284 valence electrons. The molecular formula is C39H34F2N4O6S4. The minimum Gasteiger partial charge on any atom is -0.281 e. The van der Waals surface area contributed by atoms with E-state index in [-0.39, 0.29) is 19.8 Å². The second-order valence-corrected chi connectivity index (χ2v) is 18.9. The Morgan fingerprint density at radius 3 is 1.44 bits per heavy atom. The SMILES string of the molecule is O=S(=O)(O)c1cc2c(s1)-c1c(c(/C(F)=C/CCC/C=C(\F)c3nn(Cc4ccccc4)c4c3CCc3cc(S(=O)(=O)O)sc3-4)nn1Cc1ccccc1)CC2. The summed E-state index contributed by atoms with van der Waals surface area (Å²) < 4.78 is 102. The number of benzene rings is 2. The van der Waals surface area contributed by atoms with Gasteiger partial charge in [-0.2, -0.15) is 27.0 Å². The summed E-state index contributed by atoms with van der Waals surface area (Å²) in [4.78, 5) is 1.28. The summed E-state index contributed by atoms with van der Waals surface area (Å²) in [5.41, 5.74) is 6.34. The Hall–Kier alpha value is -4.58. The number of hydrogen-bond acceptors (Lipinski definition) is 8. The van der Waals surface area contributed by atoms with Crippen molar-refractivity contribution in [2.24, 2.45) is 0 Å². The minimum absolute atomic E-state index is 0.165. The zero-order valence-electron chi connectivity index (χ0n) is 29.2. The van der Waals surface area contributed by atoms with E-state index in [1.54, 1.807) is 9.36 Å². The summed E-state index contributed by atoms with van der Waals surface area (Å²) >= 11 is 1.89. The van der Waals surface area contributed by atoms with Crippen LogP contribution in [0.1, 0.15) is 64.0 Å². The number of nitrogens with zero attached hydrogens (tertiary/aromatic N) is 4. The largest absolute Gasteiger partial charge is 0.304 e. The number of rotatable bonds is 12. The van der Waals surface area contributed by atoms with E-state index < -0.39 is 31.9 Å². The van der Waals surface area contributed by atoms with Crippen LogP contribution < -0.4 is 0 Å². The van der Waals surface area contributed by atoms with Gasteiger partial charge in [0.2, 0.25) is 0 Å². The van der Waals surface area contributed by atoms with Gasteiger partial charge in [0.05, 0.1) is 34.2 Å². The van der Waals surface area contributed by atoms with E-state index in [9.17, 15) is 25.9 Å². The Bertz CT molecular complexity index is 2530. The predicted molar refractivity (Wildman–Crippen MR) is 209 cm³/mol. The smallest absolute Gasteiger partial charge is 0.281 e. The van der Waals surface area contributed by atoms with Gasteiger partial charge in [0, 0.05) is 11.1 Å². The highest BCUT2D eigenvalue weighted by molar-refractivity contribution is 7.88. The molecule has 0 aliphatic heterocycles. The topological polar surface area (TPSA) is 144 Å². The van der Waals surface area contributed by atoms with Crippen molar-refractivity contribution in [2.75, 3.05) is 0 Å². The van der Waals surface area contributed by atoms with Crippen LogP contribution in [0.15, 0.2) is 93.4 Å². The molecule has 0 atom stereocenters. The third-order valence-electron chi connectivity index (χ3n) is 9.76. The molecule has 8 rings (SSSR count). The van der Waals surface area contributed by atoms with Gasteiger partial charge in [-0.25, -0.2) is 8.78 Å². The van der Waals surface area contributed by atoms with E-state index in [1.807, 2.05) is 60.7 Å². The van der Waals surface area contributed by atoms with Crippen LogP contribution in [-0.2, 0) is 59.0 Å². The second kappa shape index (κ2) is 14.8. The maximum Gasteiger partial charge on any atom is 0.304 e. The van der Waals surface area contributed by atoms with Crippen LogP contribution in [0, 0.1) is 0 Å². The summed E-state index contributed by atoms with van der Waals surface area (Å²) in [5, 5.41) is 9.33. The lowest BCUT2D eigenvalue weighted by Crippen LogP contribution is -2.07. The zero-order chi connectivity index (χ0) is 38.5. The van der Waals surface area contributed by atoms with E-state index in [4.69, 9.17) is 0 Å². The van der Waals surface area contributed by atoms with Gasteiger partial charge in [0.1, 0.15) is 31.5 Å². The lowest BCUT2D eigenvalue weighted by atomic mass is 9.94. The first kappa shape index (κ1) is 37.3. The van der Waals surface area contributed by atoms with Crippen LogP contribution in [0.25, 0.3) is 32.8 Å². The molecule has 0 saturated heterocycles. The molecule has 2 N–H and O–H groups in total. The summed E-state index contributed by atoms with van der Waals surface area (Å²) in [6, 6.07) is 22.0. The van der Waals surface area contributed by atoms with Gasteiger partial charge < -0.3 is 0 Å². The molecule has 2 aliphatic rings. The third kappa shape index (κ3) is 7.54. The van der Waals surface area contributed by atoms with Crippen LogP contribution in [0.5, 0.6) is 0 Å². The van der Waals surface area contributed by atoms with Crippen molar-refractivity contribution in [3.63, 3.8) is 0 Å². The Morgan fingerprint density at radius 1 is 0.655 bits per heavy atom. The molecule has 4 aromatic heterocycles. The van der Waals surface area contributed by atoms with E-state index in [1.165, 1.54) is 24.3 Å². The van der Waals surface area contributed by atoms with Gasteiger partial charge in [-0.05, 0) is 91.5 Å². The van der Waals surface area contributed by atoms with Crippen LogP contribution >= 0.6 is 22.7 Å².